The highest BCUT2D eigenvalue weighted by molar-refractivity contribution is 5.73. The average Bonchev–Trinajstić information content (AvgIpc) is 2.60. The number of hydrogen-bond donors (Lipinski definition) is 1. The Morgan fingerprint density at radius 3 is 2.67 bits per heavy atom. The Bertz CT molecular complexity index is 321. The van der Waals surface area contributed by atoms with E-state index in [4.69, 9.17) is 0 Å². The first-order valence-corrected chi connectivity index (χ1v) is 7.46. The lowest BCUT2D eigenvalue weighted by Crippen LogP contribution is -2.53. The van der Waals surface area contributed by atoms with Crippen LogP contribution in [0.3, 0.4) is 0 Å². The van der Waals surface area contributed by atoms with Gasteiger partial charge >= 0.3 is 5.97 Å². The Morgan fingerprint density at radius 1 is 1.00 bits per heavy atom. The molecule has 4 atom stereocenters. The molecule has 4 unspecified atom stereocenters. The van der Waals surface area contributed by atoms with Crippen molar-refractivity contribution in [2.75, 3.05) is 26.2 Å². The smallest absolute Gasteiger partial charge is 0.320 e. The van der Waals surface area contributed by atoms with Gasteiger partial charge in [-0.15, -0.1) is 0 Å². The number of nitrogens with zero attached hydrogens (tertiary/aromatic N) is 2. The summed E-state index contributed by atoms with van der Waals surface area (Å²) in [4.78, 5) is 16.4. The van der Waals surface area contributed by atoms with E-state index in [0.717, 1.165) is 25.3 Å². The maximum atomic E-state index is 11.5. The number of hydrogen-bond acceptors (Lipinski definition) is 3. The van der Waals surface area contributed by atoms with E-state index in [1.165, 1.54) is 45.3 Å². The van der Waals surface area contributed by atoms with E-state index >= 15 is 0 Å². The van der Waals surface area contributed by atoms with Gasteiger partial charge in [0.05, 0.1) is 0 Å². The van der Waals surface area contributed by atoms with Crippen LogP contribution in [0.2, 0.25) is 0 Å². The molecule has 3 aliphatic heterocycles. The van der Waals surface area contributed by atoms with E-state index in [1.807, 2.05) is 0 Å². The van der Waals surface area contributed by atoms with Crippen molar-refractivity contribution >= 4 is 5.97 Å². The van der Waals surface area contributed by atoms with E-state index in [0.29, 0.717) is 6.04 Å². The van der Waals surface area contributed by atoms with Crippen LogP contribution in [0, 0.1) is 5.92 Å². The molecular formula is C14H24N2O2. The van der Waals surface area contributed by atoms with Crippen molar-refractivity contribution in [2.45, 2.75) is 50.6 Å². The minimum atomic E-state index is -0.600. The first-order chi connectivity index (χ1) is 8.75. The van der Waals surface area contributed by atoms with Gasteiger partial charge in [-0.25, -0.2) is 0 Å². The minimum Gasteiger partial charge on any atom is -0.480 e. The lowest BCUT2D eigenvalue weighted by atomic mass is 9.91. The molecular weight excluding hydrogens is 228 g/mol. The Hall–Kier alpha value is -0.610. The van der Waals surface area contributed by atoms with E-state index in [9.17, 15) is 9.90 Å². The first kappa shape index (κ1) is 12.4. The van der Waals surface area contributed by atoms with Crippen molar-refractivity contribution in [1.82, 2.24) is 9.80 Å². The van der Waals surface area contributed by atoms with Crippen LogP contribution in [0.4, 0.5) is 0 Å². The molecule has 3 fully saturated rings. The predicted molar refractivity (Wildman–Crippen MR) is 69.5 cm³/mol. The number of carboxylic acids is 1. The largest absolute Gasteiger partial charge is 0.480 e. The fraction of sp³-hybridized carbons (Fsp3) is 0.929. The van der Waals surface area contributed by atoms with Crippen molar-refractivity contribution in [1.29, 1.82) is 0 Å². The SMILES string of the molecule is O=C(O)C1CCCCCN1C1CCN2CCC1C2. The van der Waals surface area contributed by atoms with Gasteiger partial charge in [0.25, 0.3) is 0 Å². The molecule has 0 aromatic carbocycles. The van der Waals surface area contributed by atoms with Gasteiger partial charge in [-0.05, 0) is 51.2 Å². The van der Waals surface area contributed by atoms with Crippen LogP contribution in [0.25, 0.3) is 0 Å². The number of carboxylic acid groups (broad SMARTS) is 1. The molecule has 3 heterocycles. The molecule has 0 radical (unpaired) electrons. The van der Waals surface area contributed by atoms with Crippen LogP contribution < -0.4 is 0 Å². The van der Waals surface area contributed by atoms with Crippen LogP contribution in [0.5, 0.6) is 0 Å². The molecule has 4 nitrogen and oxygen atoms in total. The normalized spacial score (nSPS) is 41.6. The second-order valence-corrected chi connectivity index (χ2v) is 6.15. The number of piperidine rings is 1. The quantitative estimate of drug-likeness (QED) is 0.807. The summed E-state index contributed by atoms with van der Waals surface area (Å²) in [5.74, 6) is 0.121. The molecule has 18 heavy (non-hydrogen) atoms. The maximum Gasteiger partial charge on any atom is 0.320 e. The van der Waals surface area contributed by atoms with Gasteiger partial charge in [0.2, 0.25) is 0 Å². The summed E-state index contributed by atoms with van der Waals surface area (Å²) in [5.41, 5.74) is 0. The zero-order chi connectivity index (χ0) is 12.5. The second-order valence-electron chi connectivity index (χ2n) is 6.15. The zero-order valence-electron chi connectivity index (χ0n) is 11.1. The number of aliphatic carboxylic acids is 1. The van der Waals surface area contributed by atoms with Gasteiger partial charge in [0.1, 0.15) is 6.04 Å². The molecule has 0 aromatic rings. The Balaban J connectivity index is 1.76. The Morgan fingerprint density at radius 2 is 1.83 bits per heavy atom. The second kappa shape index (κ2) is 5.17. The van der Waals surface area contributed by atoms with Crippen LogP contribution in [0.1, 0.15) is 38.5 Å². The molecule has 0 aliphatic carbocycles. The number of rotatable bonds is 2. The summed E-state index contributed by atoms with van der Waals surface area (Å²) < 4.78 is 0. The Labute approximate surface area is 109 Å². The summed E-state index contributed by atoms with van der Waals surface area (Å²) in [5, 5.41) is 9.48. The number of carbonyl (C=O) groups is 1. The highest BCUT2D eigenvalue weighted by Crippen LogP contribution is 2.33. The molecule has 3 aliphatic rings. The molecule has 0 saturated carbocycles. The third kappa shape index (κ3) is 2.28. The monoisotopic (exact) mass is 252 g/mol. The van der Waals surface area contributed by atoms with Gasteiger partial charge in [-0.1, -0.05) is 12.8 Å². The summed E-state index contributed by atoms with van der Waals surface area (Å²) in [6, 6.07) is 0.313. The van der Waals surface area contributed by atoms with Gasteiger partial charge in [-0.3, -0.25) is 9.69 Å². The van der Waals surface area contributed by atoms with Crippen LogP contribution >= 0.6 is 0 Å². The molecule has 3 rings (SSSR count). The lowest BCUT2D eigenvalue weighted by Gasteiger charge is -2.41. The molecule has 0 aromatic heterocycles. The molecule has 0 spiro atoms. The summed E-state index contributed by atoms with van der Waals surface area (Å²) in [6.07, 6.45) is 6.75. The third-order valence-electron chi connectivity index (χ3n) is 5.10. The lowest BCUT2D eigenvalue weighted by molar-refractivity contribution is -0.145. The standard InChI is InChI=1S/C14H24N2O2/c17-14(18)13-4-2-1-3-7-16(13)12-6-9-15-8-5-11(12)10-15/h11-13H,1-10H2,(H,17,18). The van der Waals surface area contributed by atoms with Crippen LogP contribution in [0.15, 0.2) is 0 Å². The highest BCUT2D eigenvalue weighted by atomic mass is 16.4. The van der Waals surface area contributed by atoms with E-state index in [2.05, 4.69) is 9.80 Å². The van der Waals surface area contributed by atoms with Gasteiger partial charge in [-0.2, -0.15) is 0 Å². The van der Waals surface area contributed by atoms with Crippen molar-refractivity contribution in [3.63, 3.8) is 0 Å². The minimum absolute atomic E-state index is 0.218. The van der Waals surface area contributed by atoms with Crippen molar-refractivity contribution in [3.8, 4) is 0 Å². The van der Waals surface area contributed by atoms with Gasteiger partial charge in [0.15, 0.2) is 0 Å². The number of fused-ring (bicyclic) bond motifs is 2. The van der Waals surface area contributed by atoms with Crippen molar-refractivity contribution in [2.24, 2.45) is 5.92 Å². The summed E-state index contributed by atoms with van der Waals surface area (Å²) in [7, 11) is 0. The average molecular weight is 252 g/mol. The van der Waals surface area contributed by atoms with E-state index in [-0.39, 0.29) is 6.04 Å². The maximum absolute atomic E-state index is 11.5. The van der Waals surface area contributed by atoms with Crippen molar-refractivity contribution in [3.05, 3.63) is 0 Å². The van der Waals surface area contributed by atoms with Crippen LogP contribution in [-0.4, -0.2) is 59.1 Å². The third-order valence-corrected chi connectivity index (χ3v) is 5.10. The summed E-state index contributed by atoms with van der Waals surface area (Å²) in [6.45, 7) is 4.60. The molecule has 4 heteroatoms. The Kier molecular flexibility index (Phi) is 3.57. The van der Waals surface area contributed by atoms with Gasteiger partial charge < -0.3 is 10.0 Å². The highest BCUT2D eigenvalue weighted by Gasteiger charge is 2.41. The predicted octanol–water partition coefficient (Wildman–Crippen LogP) is 1.41. The van der Waals surface area contributed by atoms with Crippen molar-refractivity contribution < 1.29 is 9.90 Å². The van der Waals surface area contributed by atoms with Crippen LogP contribution in [-0.2, 0) is 4.79 Å². The fourth-order valence-corrected chi connectivity index (χ4v) is 4.16. The van der Waals surface area contributed by atoms with E-state index < -0.39 is 5.97 Å². The topological polar surface area (TPSA) is 43.8 Å². The molecule has 3 saturated heterocycles. The number of likely N-dealkylation sites (tertiary alicyclic amines) is 1. The zero-order valence-corrected chi connectivity index (χ0v) is 11.1. The molecule has 2 bridgehead atoms. The van der Waals surface area contributed by atoms with E-state index in [1.54, 1.807) is 0 Å². The first-order valence-electron chi connectivity index (χ1n) is 7.46. The molecule has 0 amide bonds. The van der Waals surface area contributed by atoms with Gasteiger partial charge in [0, 0.05) is 12.6 Å². The molecule has 1 N–H and O–H groups in total. The molecule has 102 valence electrons. The summed E-state index contributed by atoms with van der Waals surface area (Å²) >= 11 is 0. The fourth-order valence-electron chi connectivity index (χ4n) is 4.16.